The summed E-state index contributed by atoms with van der Waals surface area (Å²) in [4.78, 5) is 11.1. The molecule has 0 atom stereocenters. The minimum atomic E-state index is -4.81. The van der Waals surface area contributed by atoms with Crippen LogP contribution in [-0.2, 0) is 0 Å². The van der Waals surface area contributed by atoms with E-state index in [-0.39, 0.29) is 5.56 Å². The van der Waals surface area contributed by atoms with Crippen molar-refractivity contribution in [1.82, 2.24) is 0 Å². The van der Waals surface area contributed by atoms with Gasteiger partial charge in [-0.2, -0.15) is 0 Å². The second-order valence-corrected chi connectivity index (χ2v) is 4.39. The first-order valence-electron chi connectivity index (χ1n) is 5.62. The molecule has 2 nitrogen and oxygen atoms in total. The van der Waals surface area contributed by atoms with E-state index in [2.05, 4.69) is 4.74 Å². The summed E-state index contributed by atoms with van der Waals surface area (Å²) in [7, 11) is 0. The van der Waals surface area contributed by atoms with Gasteiger partial charge < -0.3 is 4.74 Å². The van der Waals surface area contributed by atoms with Crippen molar-refractivity contribution in [3.63, 3.8) is 0 Å². The lowest BCUT2D eigenvalue weighted by Crippen LogP contribution is -2.17. The number of ether oxygens (including phenoxy) is 1. The van der Waals surface area contributed by atoms with Crippen LogP contribution in [0.25, 0.3) is 11.1 Å². The predicted octanol–water partition coefficient (Wildman–Crippen LogP) is 4.77. The van der Waals surface area contributed by atoms with Crippen LogP contribution in [0.5, 0.6) is 5.75 Å². The van der Waals surface area contributed by atoms with Crippen molar-refractivity contribution in [2.75, 3.05) is 0 Å². The normalized spacial score (nSPS) is 11.3. The van der Waals surface area contributed by atoms with Crippen LogP contribution in [0.3, 0.4) is 0 Å². The minimum Gasteiger partial charge on any atom is -0.406 e. The van der Waals surface area contributed by atoms with Crippen LogP contribution in [0.1, 0.15) is 10.4 Å². The summed E-state index contributed by atoms with van der Waals surface area (Å²) in [5.41, 5.74) is 0.320. The fourth-order valence-electron chi connectivity index (χ4n) is 1.73. The molecule has 0 aliphatic carbocycles. The molecule has 0 bridgehead atoms. The third kappa shape index (κ3) is 3.95. The van der Waals surface area contributed by atoms with Gasteiger partial charge in [0.1, 0.15) is 11.6 Å². The van der Waals surface area contributed by atoms with Crippen LogP contribution in [0.4, 0.5) is 17.6 Å². The molecule has 21 heavy (non-hydrogen) atoms. The average molecular weight is 319 g/mol. The van der Waals surface area contributed by atoms with Gasteiger partial charge in [-0.3, -0.25) is 4.79 Å². The molecule has 0 spiro atoms. The van der Waals surface area contributed by atoms with Crippen LogP contribution in [0, 0.1) is 5.82 Å². The average Bonchev–Trinajstić information content (AvgIpc) is 2.37. The lowest BCUT2D eigenvalue weighted by atomic mass is 10.0. The number of rotatable bonds is 3. The molecule has 0 saturated heterocycles. The van der Waals surface area contributed by atoms with Gasteiger partial charge in [-0.25, -0.2) is 4.39 Å². The van der Waals surface area contributed by atoms with Gasteiger partial charge in [0.2, 0.25) is 0 Å². The molecule has 0 fully saturated rings. The van der Waals surface area contributed by atoms with Crippen molar-refractivity contribution in [2.45, 2.75) is 6.36 Å². The zero-order chi connectivity index (χ0) is 15.6. The van der Waals surface area contributed by atoms with Crippen molar-refractivity contribution in [1.29, 1.82) is 0 Å². The monoisotopic (exact) mass is 318 g/mol. The standard InChI is InChI=1S/C14H7ClF4O2/c15-13(20)11-7-9(4-5-12(11)16)8-2-1-3-10(6-8)21-14(17,18)19/h1-7H. The van der Waals surface area contributed by atoms with Crippen molar-refractivity contribution in [2.24, 2.45) is 0 Å². The molecule has 0 heterocycles. The Morgan fingerprint density at radius 1 is 1.05 bits per heavy atom. The molecule has 0 saturated carbocycles. The van der Waals surface area contributed by atoms with E-state index in [1.165, 1.54) is 18.2 Å². The van der Waals surface area contributed by atoms with Gasteiger partial charge in [-0.15, -0.1) is 13.2 Å². The minimum absolute atomic E-state index is 0.330. The number of halogens is 5. The molecular weight excluding hydrogens is 312 g/mol. The maximum absolute atomic E-state index is 13.4. The van der Waals surface area contributed by atoms with E-state index in [1.807, 2.05) is 0 Å². The highest BCUT2D eigenvalue weighted by Gasteiger charge is 2.31. The number of carbonyl (C=O) groups excluding carboxylic acids is 1. The van der Waals surface area contributed by atoms with Gasteiger partial charge in [0.15, 0.2) is 0 Å². The molecule has 7 heteroatoms. The van der Waals surface area contributed by atoms with Crippen molar-refractivity contribution >= 4 is 16.8 Å². The van der Waals surface area contributed by atoms with E-state index in [0.717, 1.165) is 24.3 Å². The number of benzene rings is 2. The summed E-state index contributed by atoms with van der Waals surface area (Å²) in [5, 5.41) is -0.989. The molecule has 0 unspecified atom stereocenters. The highest BCUT2D eigenvalue weighted by atomic mass is 35.5. The lowest BCUT2D eigenvalue weighted by Gasteiger charge is -2.10. The van der Waals surface area contributed by atoms with Crippen LogP contribution < -0.4 is 4.74 Å². The Morgan fingerprint density at radius 3 is 2.33 bits per heavy atom. The molecule has 110 valence electrons. The Labute approximate surface area is 121 Å². The van der Waals surface area contributed by atoms with Gasteiger partial charge in [0, 0.05) is 0 Å². The third-order valence-electron chi connectivity index (χ3n) is 2.58. The molecule has 0 aromatic heterocycles. The van der Waals surface area contributed by atoms with Gasteiger partial charge in [0.05, 0.1) is 5.56 Å². The van der Waals surface area contributed by atoms with Crippen LogP contribution >= 0.6 is 11.6 Å². The molecule has 0 aliphatic heterocycles. The van der Waals surface area contributed by atoms with Gasteiger partial charge in [-0.05, 0) is 47.0 Å². The van der Waals surface area contributed by atoms with Gasteiger partial charge in [0.25, 0.3) is 5.24 Å². The van der Waals surface area contributed by atoms with Crippen LogP contribution in [0.2, 0.25) is 0 Å². The van der Waals surface area contributed by atoms with Crippen LogP contribution in [0.15, 0.2) is 42.5 Å². The Balaban J connectivity index is 2.41. The van der Waals surface area contributed by atoms with E-state index >= 15 is 0 Å². The highest BCUT2D eigenvalue weighted by molar-refractivity contribution is 6.67. The Morgan fingerprint density at radius 2 is 1.71 bits per heavy atom. The number of carbonyl (C=O) groups is 1. The molecule has 0 N–H and O–H groups in total. The van der Waals surface area contributed by atoms with Crippen molar-refractivity contribution < 1.29 is 27.1 Å². The number of hydrogen-bond donors (Lipinski definition) is 0. The first kappa shape index (κ1) is 15.3. The Bertz CT molecular complexity index is 683. The molecule has 2 aromatic rings. The van der Waals surface area contributed by atoms with E-state index in [4.69, 9.17) is 11.6 Å². The van der Waals surface area contributed by atoms with Gasteiger partial charge in [-0.1, -0.05) is 18.2 Å². The second-order valence-electron chi connectivity index (χ2n) is 4.04. The maximum Gasteiger partial charge on any atom is 0.573 e. The molecule has 2 rings (SSSR count). The molecule has 0 radical (unpaired) electrons. The molecule has 2 aromatic carbocycles. The third-order valence-corrected chi connectivity index (χ3v) is 2.78. The second kappa shape index (κ2) is 5.73. The van der Waals surface area contributed by atoms with E-state index in [1.54, 1.807) is 0 Å². The van der Waals surface area contributed by atoms with E-state index in [9.17, 15) is 22.4 Å². The summed E-state index contributed by atoms with van der Waals surface area (Å²) in [6.45, 7) is 0. The fraction of sp³-hybridized carbons (Fsp3) is 0.0714. The fourth-order valence-corrected chi connectivity index (χ4v) is 1.87. The summed E-state index contributed by atoms with van der Waals surface area (Å²) in [5.74, 6) is -1.22. The lowest BCUT2D eigenvalue weighted by molar-refractivity contribution is -0.274. The highest BCUT2D eigenvalue weighted by Crippen LogP contribution is 2.29. The first-order valence-corrected chi connectivity index (χ1v) is 5.99. The number of hydrogen-bond acceptors (Lipinski definition) is 2. The van der Waals surface area contributed by atoms with Crippen LogP contribution in [-0.4, -0.2) is 11.6 Å². The summed E-state index contributed by atoms with van der Waals surface area (Å²) < 4.78 is 53.7. The molecule has 0 amide bonds. The maximum atomic E-state index is 13.4. The summed E-state index contributed by atoms with van der Waals surface area (Å²) in [6, 6.07) is 8.61. The quantitative estimate of drug-likeness (QED) is 0.602. The molecule has 0 aliphatic rings. The van der Waals surface area contributed by atoms with E-state index in [0.29, 0.717) is 11.1 Å². The zero-order valence-electron chi connectivity index (χ0n) is 10.2. The smallest absolute Gasteiger partial charge is 0.406 e. The van der Waals surface area contributed by atoms with Crippen molar-refractivity contribution in [3.8, 4) is 16.9 Å². The SMILES string of the molecule is O=C(Cl)c1cc(-c2cccc(OC(F)(F)F)c2)ccc1F. The van der Waals surface area contributed by atoms with E-state index < -0.39 is 23.2 Å². The largest absolute Gasteiger partial charge is 0.573 e. The summed E-state index contributed by atoms with van der Waals surface area (Å²) in [6.07, 6.45) is -4.81. The first-order chi connectivity index (χ1) is 9.76. The predicted molar refractivity (Wildman–Crippen MR) is 68.7 cm³/mol. The van der Waals surface area contributed by atoms with Crippen molar-refractivity contribution in [3.05, 3.63) is 53.8 Å². The molecular formula is C14H7ClF4O2. The Hall–Kier alpha value is -2.08. The topological polar surface area (TPSA) is 26.3 Å². The summed E-state index contributed by atoms with van der Waals surface area (Å²) >= 11 is 5.23. The zero-order valence-corrected chi connectivity index (χ0v) is 11.0. The van der Waals surface area contributed by atoms with Gasteiger partial charge >= 0.3 is 6.36 Å². The Kier molecular flexibility index (Phi) is 4.18. The number of alkyl halides is 3.